The van der Waals surface area contributed by atoms with Gasteiger partial charge in [0.1, 0.15) is 5.82 Å². The van der Waals surface area contributed by atoms with Gasteiger partial charge in [0.15, 0.2) is 6.23 Å². The summed E-state index contributed by atoms with van der Waals surface area (Å²) in [5.41, 5.74) is 2.70. The number of rotatable bonds is 3. The van der Waals surface area contributed by atoms with Gasteiger partial charge in [-0.2, -0.15) is 0 Å². The van der Waals surface area contributed by atoms with Gasteiger partial charge in [0, 0.05) is 30.2 Å². The van der Waals surface area contributed by atoms with E-state index in [-0.39, 0.29) is 12.0 Å². The second kappa shape index (κ2) is 5.89. The van der Waals surface area contributed by atoms with Gasteiger partial charge >= 0.3 is 0 Å². The Bertz CT molecular complexity index is 800. The summed E-state index contributed by atoms with van der Waals surface area (Å²) in [6, 6.07) is 19.0. The van der Waals surface area contributed by atoms with Crippen LogP contribution in [0.25, 0.3) is 5.69 Å². The zero-order valence-corrected chi connectivity index (χ0v) is 12.6. The van der Waals surface area contributed by atoms with Gasteiger partial charge in [-0.05, 0) is 30.3 Å². The summed E-state index contributed by atoms with van der Waals surface area (Å²) >= 11 is 0. The monoisotopic (exact) mass is 308 g/mol. The number of hydrogen-bond acceptors (Lipinski definition) is 2. The molecule has 0 amide bonds. The molecular formula is C19H17FN2O. The van der Waals surface area contributed by atoms with Crippen LogP contribution in [-0.4, -0.2) is 17.7 Å². The van der Waals surface area contributed by atoms with Crippen LogP contribution < -0.4 is 4.90 Å². The lowest BCUT2D eigenvalue weighted by atomic mass is 10.2. The molecule has 4 heteroatoms. The van der Waals surface area contributed by atoms with Crippen molar-refractivity contribution in [2.75, 3.05) is 18.1 Å². The molecule has 3 nitrogen and oxygen atoms in total. The molecule has 1 aromatic heterocycles. The second-order valence-corrected chi connectivity index (χ2v) is 5.56. The fraction of sp³-hybridized carbons (Fsp3) is 0.158. The maximum atomic E-state index is 13.9. The molecule has 1 aliphatic rings. The standard InChI is InChI=1S/C19H17FN2O/c20-17-8-4-5-9-18(17)21-11-10-15(14-21)19-22(12-13-23-19)16-6-2-1-3-7-16/h1-11,14,19H,12-13H2/t19-/m1/s1. The van der Waals surface area contributed by atoms with E-state index in [4.69, 9.17) is 4.74 Å². The van der Waals surface area contributed by atoms with Gasteiger partial charge in [0.05, 0.1) is 12.3 Å². The number of nitrogens with zero attached hydrogens (tertiary/aromatic N) is 2. The van der Waals surface area contributed by atoms with E-state index in [9.17, 15) is 4.39 Å². The molecule has 0 radical (unpaired) electrons. The molecule has 3 aromatic rings. The summed E-state index contributed by atoms with van der Waals surface area (Å²) in [4.78, 5) is 2.22. The Morgan fingerprint density at radius 2 is 1.74 bits per heavy atom. The average molecular weight is 308 g/mol. The van der Waals surface area contributed by atoms with E-state index in [1.165, 1.54) is 6.07 Å². The number of benzene rings is 2. The molecule has 1 aliphatic heterocycles. The molecule has 0 spiro atoms. The van der Waals surface area contributed by atoms with Crippen molar-refractivity contribution in [2.24, 2.45) is 0 Å². The lowest BCUT2D eigenvalue weighted by molar-refractivity contribution is 0.114. The molecule has 1 atom stereocenters. The van der Waals surface area contributed by atoms with Crippen LogP contribution in [0, 0.1) is 5.82 Å². The first-order valence-electron chi connectivity index (χ1n) is 7.69. The molecule has 4 rings (SSSR count). The number of para-hydroxylation sites is 2. The first-order valence-corrected chi connectivity index (χ1v) is 7.69. The van der Waals surface area contributed by atoms with Gasteiger partial charge in [-0.1, -0.05) is 30.3 Å². The van der Waals surface area contributed by atoms with E-state index in [2.05, 4.69) is 17.0 Å². The first-order chi connectivity index (χ1) is 11.3. The summed E-state index contributed by atoms with van der Waals surface area (Å²) in [5.74, 6) is -0.234. The molecule has 0 aliphatic carbocycles. The predicted octanol–water partition coefficient (Wildman–Crippen LogP) is 4.15. The lowest BCUT2D eigenvalue weighted by Crippen LogP contribution is -2.22. The number of hydrogen-bond donors (Lipinski definition) is 0. The highest BCUT2D eigenvalue weighted by Crippen LogP contribution is 2.32. The van der Waals surface area contributed by atoms with Crippen molar-refractivity contribution in [2.45, 2.75) is 6.23 Å². The average Bonchev–Trinajstić information content (AvgIpc) is 3.25. The minimum atomic E-state index is -0.234. The van der Waals surface area contributed by atoms with Crippen LogP contribution in [0.4, 0.5) is 10.1 Å². The van der Waals surface area contributed by atoms with Gasteiger partial charge in [-0.25, -0.2) is 4.39 Å². The Kier molecular flexibility index (Phi) is 3.60. The maximum Gasteiger partial charge on any atom is 0.158 e. The number of halogens is 1. The van der Waals surface area contributed by atoms with Crippen LogP contribution >= 0.6 is 0 Å². The van der Waals surface area contributed by atoms with Crippen molar-refractivity contribution < 1.29 is 9.13 Å². The smallest absolute Gasteiger partial charge is 0.158 e. The van der Waals surface area contributed by atoms with Crippen molar-refractivity contribution in [3.63, 3.8) is 0 Å². The van der Waals surface area contributed by atoms with E-state index in [0.717, 1.165) is 17.8 Å². The molecular weight excluding hydrogens is 291 g/mol. The minimum absolute atomic E-state index is 0.134. The minimum Gasteiger partial charge on any atom is -0.352 e. The molecule has 0 N–H and O–H groups in total. The molecule has 2 aromatic carbocycles. The van der Waals surface area contributed by atoms with Gasteiger partial charge < -0.3 is 14.2 Å². The Morgan fingerprint density at radius 1 is 0.957 bits per heavy atom. The van der Waals surface area contributed by atoms with Gasteiger partial charge in [0.25, 0.3) is 0 Å². The van der Waals surface area contributed by atoms with E-state index < -0.39 is 0 Å². The Labute approximate surface area is 134 Å². The van der Waals surface area contributed by atoms with Crippen molar-refractivity contribution in [1.29, 1.82) is 0 Å². The summed E-state index contributed by atoms with van der Waals surface area (Å²) in [6.07, 6.45) is 3.67. The van der Waals surface area contributed by atoms with Crippen molar-refractivity contribution in [3.05, 3.63) is 84.4 Å². The number of anilines is 1. The number of ether oxygens (including phenoxy) is 1. The van der Waals surface area contributed by atoms with Gasteiger partial charge in [-0.3, -0.25) is 0 Å². The molecule has 116 valence electrons. The number of aromatic nitrogens is 1. The Morgan fingerprint density at radius 3 is 2.57 bits per heavy atom. The quantitative estimate of drug-likeness (QED) is 0.723. The van der Waals surface area contributed by atoms with Gasteiger partial charge in [-0.15, -0.1) is 0 Å². The molecule has 1 fully saturated rings. The highest BCUT2D eigenvalue weighted by Gasteiger charge is 2.27. The predicted molar refractivity (Wildman–Crippen MR) is 88.2 cm³/mol. The van der Waals surface area contributed by atoms with Crippen molar-refractivity contribution in [3.8, 4) is 5.69 Å². The Balaban J connectivity index is 1.65. The second-order valence-electron chi connectivity index (χ2n) is 5.56. The van der Waals surface area contributed by atoms with E-state index >= 15 is 0 Å². The van der Waals surface area contributed by atoms with Crippen molar-refractivity contribution in [1.82, 2.24) is 4.57 Å². The fourth-order valence-electron chi connectivity index (χ4n) is 3.00. The molecule has 2 heterocycles. The van der Waals surface area contributed by atoms with E-state index in [1.807, 2.05) is 42.7 Å². The molecule has 0 unspecified atom stereocenters. The zero-order valence-electron chi connectivity index (χ0n) is 12.6. The third-order valence-corrected chi connectivity index (χ3v) is 4.11. The van der Waals surface area contributed by atoms with E-state index in [0.29, 0.717) is 12.3 Å². The Hall–Kier alpha value is -2.59. The topological polar surface area (TPSA) is 17.4 Å². The molecule has 0 saturated carbocycles. The highest BCUT2D eigenvalue weighted by atomic mass is 19.1. The first kappa shape index (κ1) is 14.0. The SMILES string of the molecule is Fc1ccccc1-n1ccc([C@H]2OCCN2c2ccccc2)c1. The molecule has 23 heavy (non-hydrogen) atoms. The lowest BCUT2D eigenvalue weighted by Gasteiger charge is -2.24. The van der Waals surface area contributed by atoms with Crippen LogP contribution in [0.1, 0.15) is 11.8 Å². The fourth-order valence-corrected chi connectivity index (χ4v) is 3.00. The molecule has 0 bridgehead atoms. The largest absolute Gasteiger partial charge is 0.352 e. The third kappa shape index (κ3) is 2.62. The van der Waals surface area contributed by atoms with Gasteiger partial charge in [0.2, 0.25) is 0 Å². The zero-order chi connectivity index (χ0) is 15.6. The van der Waals surface area contributed by atoms with Crippen LogP contribution in [0.2, 0.25) is 0 Å². The normalized spacial score (nSPS) is 17.6. The summed E-state index contributed by atoms with van der Waals surface area (Å²) in [5, 5.41) is 0. The highest BCUT2D eigenvalue weighted by molar-refractivity contribution is 5.49. The maximum absolute atomic E-state index is 13.9. The molecule has 1 saturated heterocycles. The van der Waals surface area contributed by atoms with Crippen LogP contribution in [-0.2, 0) is 4.74 Å². The third-order valence-electron chi connectivity index (χ3n) is 4.11. The summed E-state index contributed by atoms with van der Waals surface area (Å²) in [7, 11) is 0. The van der Waals surface area contributed by atoms with Crippen molar-refractivity contribution >= 4 is 5.69 Å². The van der Waals surface area contributed by atoms with Crippen LogP contribution in [0.3, 0.4) is 0 Å². The van der Waals surface area contributed by atoms with Crippen LogP contribution in [0.5, 0.6) is 0 Å². The van der Waals surface area contributed by atoms with E-state index in [1.54, 1.807) is 16.7 Å². The summed E-state index contributed by atoms with van der Waals surface area (Å²) in [6.45, 7) is 1.53. The summed E-state index contributed by atoms with van der Waals surface area (Å²) < 4.78 is 21.6. The van der Waals surface area contributed by atoms with Crippen LogP contribution in [0.15, 0.2) is 73.1 Å².